The second kappa shape index (κ2) is 12.4. The lowest BCUT2D eigenvalue weighted by Crippen LogP contribution is -2.45. The quantitative estimate of drug-likeness (QED) is 0.357. The molecule has 2 aliphatic rings. The molecule has 12 heteroatoms. The molecule has 2 aromatic rings. The highest BCUT2D eigenvalue weighted by atomic mass is 16.7. The Morgan fingerprint density at radius 3 is 2.33 bits per heavy atom. The van der Waals surface area contributed by atoms with Crippen molar-refractivity contribution in [2.24, 2.45) is 0 Å². The molecule has 1 aliphatic carbocycles. The average molecular weight is 544 g/mol. The summed E-state index contributed by atoms with van der Waals surface area (Å²) in [7, 11) is 0. The molecule has 4 rings (SSSR count). The van der Waals surface area contributed by atoms with Crippen molar-refractivity contribution in [1.82, 2.24) is 14.1 Å². The van der Waals surface area contributed by atoms with Gasteiger partial charge in [0.15, 0.2) is 18.4 Å². The maximum atomic E-state index is 13.6. The number of aromatic nitrogens is 3. The minimum absolute atomic E-state index is 0.0751. The number of esters is 3. The van der Waals surface area contributed by atoms with Crippen molar-refractivity contribution < 1.29 is 33.3 Å². The average Bonchev–Trinajstić information content (AvgIpc) is 3.21. The Morgan fingerprint density at radius 1 is 0.974 bits per heavy atom. The first-order valence-electron chi connectivity index (χ1n) is 13.0. The predicted octanol–water partition coefficient (Wildman–Crippen LogP) is 1.82. The smallest absolute Gasteiger partial charge is 0.333 e. The lowest BCUT2D eigenvalue weighted by atomic mass is 9.84. The Bertz CT molecular complexity index is 1330. The topological polar surface area (TPSA) is 145 Å². The van der Waals surface area contributed by atoms with Crippen LogP contribution in [0.15, 0.2) is 40.2 Å². The molecule has 2 fully saturated rings. The summed E-state index contributed by atoms with van der Waals surface area (Å²) >= 11 is 0. The van der Waals surface area contributed by atoms with Crippen LogP contribution in [0.4, 0.5) is 0 Å². The molecule has 0 N–H and O–H groups in total. The van der Waals surface area contributed by atoms with E-state index < -0.39 is 53.7 Å². The molecule has 12 nitrogen and oxygen atoms in total. The number of ether oxygens (including phenoxy) is 4. The third-order valence-corrected chi connectivity index (χ3v) is 6.95. The first kappa shape index (κ1) is 28.2. The van der Waals surface area contributed by atoms with Gasteiger partial charge in [-0.15, -0.1) is 0 Å². The van der Waals surface area contributed by atoms with Crippen molar-refractivity contribution in [3.63, 3.8) is 0 Å². The van der Waals surface area contributed by atoms with Gasteiger partial charge in [-0.1, -0.05) is 19.3 Å². The van der Waals surface area contributed by atoms with E-state index in [0.717, 1.165) is 34.5 Å². The third-order valence-electron chi connectivity index (χ3n) is 6.95. The van der Waals surface area contributed by atoms with E-state index in [0.29, 0.717) is 11.6 Å². The van der Waals surface area contributed by atoms with Crippen molar-refractivity contribution in [3.8, 4) is 0 Å². The molecular weight excluding hydrogens is 510 g/mol. The fraction of sp³-hybridized carbons (Fsp3) is 0.556. The van der Waals surface area contributed by atoms with Gasteiger partial charge in [-0.3, -0.25) is 33.3 Å². The van der Waals surface area contributed by atoms with Crippen molar-refractivity contribution in [1.29, 1.82) is 0 Å². The van der Waals surface area contributed by atoms with E-state index in [4.69, 9.17) is 18.9 Å². The molecule has 39 heavy (non-hydrogen) atoms. The molecular formula is C27H33N3O9. The van der Waals surface area contributed by atoms with Crippen LogP contribution in [0.3, 0.4) is 0 Å². The number of pyridine rings is 1. The van der Waals surface area contributed by atoms with Gasteiger partial charge in [-0.25, -0.2) is 4.79 Å². The monoisotopic (exact) mass is 543 g/mol. The lowest BCUT2D eigenvalue weighted by molar-refractivity contribution is -0.166. The van der Waals surface area contributed by atoms with E-state index >= 15 is 0 Å². The largest absolute Gasteiger partial charge is 0.463 e. The Kier molecular flexibility index (Phi) is 8.95. The van der Waals surface area contributed by atoms with Crippen LogP contribution in [0.25, 0.3) is 0 Å². The Balaban J connectivity index is 1.67. The summed E-state index contributed by atoms with van der Waals surface area (Å²) in [4.78, 5) is 65.9. The molecule has 0 aromatic carbocycles. The normalized spacial score (nSPS) is 23.3. The Hall–Kier alpha value is -3.80. The zero-order valence-electron chi connectivity index (χ0n) is 22.2. The molecule has 1 saturated heterocycles. The first-order chi connectivity index (χ1) is 18.6. The molecule has 0 spiro atoms. The van der Waals surface area contributed by atoms with E-state index in [-0.39, 0.29) is 13.2 Å². The molecule has 1 aliphatic heterocycles. The standard InChI is InChI=1S/C27H33N3O9/c1-16(31)36-15-22-24(37-17(2)32)25(38-18(3)33)26(39-22)29-12-10-23(34)30(27(29)35)14-21-13-20(9-11-28-21)19-7-5-4-6-8-19/h9-13,19,22,24-26H,4-8,14-15H2,1-3H3/t22-,24-,25-,26-/m1/s1. The molecule has 2 aromatic heterocycles. The summed E-state index contributed by atoms with van der Waals surface area (Å²) in [6, 6.07) is 5.10. The predicted molar refractivity (Wildman–Crippen MR) is 136 cm³/mol. The molecule has 3 heterocycles. The van der Waals surface area contributed by atoms with E-state index in [1.165, 1.54) is 45.4 Å². The van der Waals surface area contributed by atoms with Crippen molar-refractivity contribution in [2.45, 2.75) is 89.9 Å². The zero-order valence-corrected chi connectivity index (χ0v) is 22.2. The number of hydrogen-bond acceptors (Lipinski definition) is 10. The number of nitrogens with zero attached hydrogens (tertiary/aromatic N) is 3. The van der Waals surface area contributed by atoms with Crippen LogP contribution >= 0.6 is 0 Å². The van der Waals surface area contributed by atoms with Crippen molar-refractivity contribution >= 4 is 17.9 Å². The maximum Gasteiger partial charge on any atom is 0.333 e. The van der Waals surface area contributed by atoms with Gasteiger partial charge in [0, 0.05) is 39.2 Å². The maximum absolute atomic E-state index is 13.6. The Morgan fingerprint density at radius 2 is 1.67 bits per heavy atom. The van der Waals surface area contributed by atoms with Crippen LogP contribution < -0.4 is 11.2 Å². The van der Waals surface area contributed by atoms with Gasteiger partial charge >= 0.3 is 23.6 Å². The molecule has 210 valence electrons. The molecule has 1 saturated carbocycles. The van der Waals surface area contributed by atoms with Crippen LogP contribution in [-0.2, 0) is 39.9 Å². The summed E-state index contributed by atoms with van der Waals surface area (Å²) in [5.41, 5.74) is 0.417. The fourth-order valence-corrected chi connectivity index (χ4v) is 5.22. The summed E-state index contributed by atoms with van der Waals surface area (Å²) in [6.07, 6.45) is 3.95. The highest BCUT2D eigenvalue weighted by molar-refractivity contribution is 5.68. The van der Waals surface area contributed by atoms with Crippen LogP contribution in [0.1, 0.15) is 76.3 Å². The summed E-state index contributed by atoms with van der Waals surface area (Å²) in [5.74, 6) is -1.56. The molecule has 4 atom stereocenters. The highest BCUT2D eigenvalue weighted by Crippen LogP contribution is 2.34. The van der Waals surface area contributed by atoms with Gasteiger partial charge in [0.25, 0.3) is 5.56 Å². The number of carbonyl (C=O) groups is 3. The van der Waals surface area contributed by atoms with Crippen LogP contribution in [0, 0.1) is 0 Å². The third kappa shape index (κ3) is 6.80. The molecule has 0 bridgehead atoms. The van der Waals surface area contributed by atoms with E-state index in [9.17, 15) is 24.0 Å². The van der Waals surface area contributed by atoms with Gasteiger partial charge in [0.2, 0.25) is 0 Å². The number of hydrogen-bond donors (Lipinski definition) is 0. The second-order valence-electron chi connectivity index (χ2n) is 9.86. The summed E-state index contributed by atoms with van der Waals surface area (Å²) in [5, 5.41) is 0. The van der Waals surface area contributed by atoms with Gasteiger partial charge in [-0.2, -0.15) is 0 Å². The number of carbonyl (C=O) groups excluding carboxylic acids is 3. The number of rotatable bonds is 8. The van der Waals surface area contributed by atoms with E-state index in [2.05, 4.69) is 4.98 Å². The molecule has 0 unspecified atom stereocenters. The first-order valence-corrected chi connectivity index (χ1v) is 13.0. The van der Waals surface area contributed by atoms with E-state index in [1.54, 1.807) is 6.20 Å². The summed E-state index contributed by atoms with van der Waals surface area (Å²) in [6.45, 7) is 3.15. The molecule has 0 amide bonds. The lowest BCUT2D eigenvalue weighted by Gasteiger charge is -2.24. The minimum Gasteiger partial charge on any atom is -0.463 e. The van der Waals surface area contributed by atoms with Gasteiger partial charge in [0.1, 0.15) is 12.7 Å². The van der Waals surface area contributed by atoms with Gasteiger partial charge in [0.05, 0.1) is 12.2 Å². The van der Waals surface area contributed by atoms with E-state index in [1.807, 2.05) is 12.1 Å². The van der Waals surface area contributed by atoms with Crippen LogP contribution in [-0.4, -0.2) is 56.9 Å². The fourth-order valence-electron chi connectivity index (χ4n) is 5.22. The zero-order chi connectivity index (χ0) is 28.1. The Labute approximate surface area is 224 Å². The molecule has 0 radical (unpaired) electrons. The second-order valence-corrected chi connectivity index (χ2v) is 9.86. The van der Waals surface area contributed by atoms with Gasteiger partial charge < -0.3 is 18.9 Å². The van der Waals surface area contributed by atoms with Crippen LogP contribution in [0.2, 0.25) is 0 Å². The van der Waals surface area contributed by atoms with Gasteiger partial charge in [-0.05, 0) is 36.5 Å². The highest BCUT2D eigenvalue weighted by Gasteiger charge is 2.51. The SMILES string of the molecule is CC(=O)OC[C@H]1O[C@@H](n2ccc(=O)n(Cc3cc(C4CCCCC4)ccn3)c2=O)[C@H](OC(C)=O)[C@@H]1OC(C)=O. The van der Waals surface area contributed by atoms with Crippen molar-refractivity contribution in [2.75, 3.05) is 6.61 Å². The van der Waals surface area contributed by atoms with Crippen molar-refractivity contribution in [3.05, 3.63) is 62.7 Å². The van der Waals surface area contributed by atoms with Crippen LogP contribution in [0.5, 0.6) is 0 Å². The minimum atomic E-state index is -1.26. The summed E-state index contributed by atoms with van der Waals surface area (Å²) < 4.78 is 23.9.